The second-order valence-electron chi connectivity index (χ2n) is 4.36. The number of aryl methyl sites for hydroxylation is 1. The molecule has 0 aliphatic heterocycles. The predicted molar refractivity (Wildman–Crippen MR) is 73.8 cm³/mol. The first-order chi connectivity index (χ1) is 9.13. The minimum absolute atomic E-state index is 0.0156. The molecule has 104 valence electrons. The third kappa shape index (κ3) is 6.04. The van der Waals surface area contributed by atoms with E-state index in [2.05, 4.69) is 5.32 Å². The van der Waals surface area contributed by atoms with E-state index in [4.69, 9.17) is 4.74 Å². The van der Waals surface area contributed by atoms with E-state index in [1.54, 1.807) is 6.92 Å². The number of carbonyl (C=O) groups is 2. The molecule has 0 atom stereocenters. The highest BCUT2D eigenvalue weighted by molar-refractivity contribution is 5.79. The van der Waals surface area contributed by atoms with E-state index >= 15 is 0 Å². The Morgan fingerprint density at radius 1 is 1.26 bits per heavy atom. The van der Waals surface area contributed by atoms with Crippen molar-refractivity contribution < 1.29 is 14.3 Å². The van der Waals surface area contributed by atoms with Crippen molar-refractivity contribution in [3.8, 4) is 0 Å². The van der Waals surface area contributed by atoms with Crippen LogP contribution in [0.25, 0.3) is 0 Å². The van der Waals surface area contributed by atoms with E-state index in [0.717, 1.165) is 11.1 Å². The highest BCUT2D eigenvalue weighted by Crippen LogP contribution is 2.07. The average Bonchev–Trinajstić information content (AvgIpc) is 2.38. The Morgan fingerprint density at radius 2 is 2.00 bits per heavy atom. The van der Waals surface area contributed by atoms with Gasteiger partial charge in [-0.25, -0.2) is 0 Å². The summed E-state index contributed by atoms with van der Waals surface area (Å²) in [7, 11) is 0. The molecule has 1 aromatic carbocycles. The van der Waals surface area contributed by atoms with Gasteiger partial charge < -0.3 is 10.1 Å². The van der Waals surface area contributed by atoms with Crippen LogP contribution >= 0.6 is 0 Å². The van der Waals surface area contributed by atoms with Gasteiger partial charge >= 0.3 is 5.97 Å². The van der Waals surface area contributed by atoms with Gasteiger partial charge in [0.1, 0.15) is 0 Å². The normalized spacial score (nSPS) is 10.0. The molecule has 0 radical (unpaired) electrons. The number of amides is 1. The molecule has 0 heterocycles. The van der Waals surface area contributed by atoms with Crippen LogP contribution in [0.15, 0.2) is 24.3 Å². The first-order valence-corrected chi connectivity index (χ1v) is 6.60. The van der Waals surface area contributed by atoms with Crippen LogP contribution in [-0.4, -0.2) is 25.0 Å². The molecule has 0 bridgehead atoms. The van der Waals surface area contributed by atoms with E-state index < -0.39 is 0 Å². The molecule has 0 aliphatic carbocycles. The summed E-state index contributed by atoms with van der Waals surface area (Å²) in [6, 6.07) is 7.82. The number of benzene rings is 1. The summed E-state index contributed by atoms with van der Waals surface area (Å²) in [4.78, 5) is 22.8. The molecule has 1 aromatic rings. The quantitative estimate of drug-likeness (QED) is 0.604. The lowest BCUT2D eigenvalue weighted by atomic mass is 10.1. The van der Waals surface area contributed by atoms with Gasteiger partial charge in [0.15, 0.2) is 0 Å². The van der Waals surface area contributed by atoms with Crippen molar-refractivity contribution in [3.05, 3.63) is 35.4 Å². The summed E-state index contributed by atoms with van der Waals surface area (Å²) in [6.45, 7) is 4.67. The van der Waals surface area contributed by atoms with Gasteiger partial charge in [-0.15, -0.1) is 0 Å². The Morgan fingerprint density at radius 3 is 2.68 bits per heavy atom. The molecule has 1 rings (SSSR count). The third-order valence-electron chi connectivity index (χ3n) is 2.80. The predicted octanol–water partition coefficient (Wildman–Crippen LogP) is 2.00. The molecular weight excluding hydrogens is 242 g/mol. The van der Waals surface area contributed by atoms with E-state index in [0.29, 0.717) is 32.4 Å². The zero-order chi connectivity index (χ0) is 14.1. The minimum atomic E-state index is -0.212. The summed E-state index contributed by atoms with van der Waals surface area (Å²) in [6.07, 6.45) is 1.34. The maximum absolute atomic E-state index is 11.7. The largest absolute Gasteiger partial charge is 0.466 e. The summed E-state index contributed by atoms with van der Waals surface area (Å²) >= 11 is 0. The van der Waals surface area contributed by atoms with Gasteiger partial charge in [0, 0.05) is 13.0 Å². The van der Waals surface area contributed by atoms with Crippen LogP contribution in [-0.2, 0) is 20.7 Å². The molecule has 0 aromatic heterocycles. The first kappa shape index (κ1) is 15.2. The Balaban J connectivity index is 2.22. The summed E-state index contributed by atoms with van der Waals surface area (Å²) in [5, 5.41) is 2.81. The van der Waals surface area contributed by atoms with E-state index in [1.165, 1.54) is 0 Å². The van der Waals surface area contributed by atoms with Gasteiger partial charge in [0.05, 0.1) is 13.0 Å². The van der Waals surface area contributed by atoms with Crippen LogP contribution in [0.2, 0.25) is 0 Å². The molecule has 4 nitrogen and oxygen atoms in total. The molecule has 0 unspecified atom stereocenters. The monoisotopic (exact) mass is 263 g/mol. The van der Waals surface area contributed by atoms with Crippen LogP contribution < -0.4 is 5.32 Å². The molecule has 4 heteroatoms. The number of hydrogen-bond acceptors (Lipinski definition) is 3. The van der Waals surface area contributed by atoms with Gasteiger partial charge in [-0.1, -0.05) is 24.3 Å². The Labute approximate surface area is 114 Å². The number of hydrogen-bond donors (Lipinski definition) is 1. The first-order valence-electron chi connectivity index (χ1n) is 6.60. The SMILES string of the molecule is CCOC(=O)CCCNC(=O)Cc1ccccc1C. The number of rotatable bonds is 7. The van der Waals surface area contributed by atoms with Crippen LogP contribution in [0.3, 0.4) is 0 Å². The van der Waals surface area contributed by atoms with Crippen LogP contribution in [0.1, 0.15) is 30.9 Å². The molecule has 0 aliphatic rings. The van der Waals surface area contributed by atoms with Crippen LogP contribution in [0, 0.1) is 6.92 Å². The Kier molecular flexibility index (Phi) is 6.64. The molecule has 0 saturated carbocycles. The average molecular weight is 263 g/mol. The van der Waals surface area contributed by atoms with Crippen molar-refractivity contribution in [2.75, 3.05) is 13.2 Å². The maximum atomic E-state index is 11.7. The molecule has 0 spiro atoms. The van der Waals surface area contributed by atoms with Crippen molar-refractivity contribution in [2.24, 2.45) is 0 Å². The fourth-order valence-electron chi connectivity index (χ4n) is 1.74. The van der Waals surface area contributed by atoms with Crippen LogP contribution in [0.4, 0.5) is 0 Å². The van der Waals surface area contributed by atoms with E-state index in [9.17, 15) is 9.59 Å². The minimum Gasteiger partial charge on any atom is -0.466 e. The molecular formula is C15H21NO3. The third-order valence-corrected chi connectivity index (χ3v) is 2.80. The number of carbonyl (C=O) groups excluding carboxylic acids is 2. The zero-order valence-corrected chi connectivity index (χ0v) is 11.6. The van der Waals surface area contributed by atoms with Crippen molar-refractivity contribution in [3.63, 3.8) is 0 Å². The summed E-state index contributed by atoms with van der Waals surface area (Å²) in [5.74, 6) is -0.228. The maximum Gasteiger partial charge on any atom is 0.305 e. The number of esters is 1. The highest BCUT2D eigenvalue weighted by Gasteiger charge is 2.06. The Bertz CT molecular complexity index is 429. The molecule has 1 amide bonds. The van der Waals surface area contributed by atoms with Gasteiger partial charge in [-0.05, 0) is 31.4 Å². The summed E-state index contributed by atoms with van der Waals surface area (Å²) in [5.41, 5.74) is 2.15. The standard InChI is InChI=1S/C15H21NO3/c1-3-19-15(18)9-6-10-16-14(17)11-13-8-5-4-7-12(13)2/h4-5,7-8H,3,6,9-11H2,1-2H3,(H,16,17). The smallest absolute Gasteiger partial charge is 0.305 e. The molecule has 0 saturated heterocycles. The Hall–Kier alpha value is -1.84. The molecule has 0 fully saturated rings. The topological polar surface area (TPSA) is 55.4 Å². The fraction of sp³-hybridized carbons (Fsp3) is 0.467. The second-order valence-corrected chi connectivity index (χ2v) is 4.36. The lowest BCUT2D eigenvalue weighted by Gasteiger charge is -2.07. The number of nitrogens with one attached hydrogen (secondary N) is 1. The lowest BCUT2D eigenvalue weighted by molar-refractivity contribution is -0.143. The van der Waals surface area contributed by atoms with Crippen molar-refractivity contribution in [2.45, 2.75) is 33.1 Å². The van der Waals surface area contributed by atoms with Gasteiger partial charge in [0.25, 0.3) is 0 Å². The van der Waals surface area contributed by atoms with E-state index in [-0.39, 0.29) is 11.9 Å². The molecule has 1 N–H and O–H groups in total. The number of ether oxygens (including phenoxy) is 1. The van der Waals surface area contributed by atoms with Crippen molar-refractivity contribution in [1.82, 2.24) is 5.32 Å². The summed E-state index contributed by atoms with van der Waals surface area (Å²) < 4.78 is 4.81. The zero-order valence-electron chi connectivity index (χ0n) is 11.6. The van der Waals surface area contributed by atoms with Gasteiger partial charge in [-0.2, -0.15) is 0 Å². The molecule has 19 heavy (non-hydrogen) atoms. The van der Waals surface area contributed by atoms with E-state index in [1.807, 2.05) is 31.2 Å². The van der Waals surface area contributed by atoms with Crippen LogP contribution in [0.5, 0.6) is 0 Å². The fourth-order valence-corrected chi connectivity index (χ4v) is 1.74. The lowest BCUT2D eigenvalue weighted by Crippen LogP contribution is -2.26. The van der Waals surface area contributed by atoms with Gasteiger partial charge in [-0.3, -0.25) is 9.59 Å². The van der Waals surface area contributed by atoms with Gasteiger partial charge in [0.2, 0.25) is 5.91 Å². The second kappa shape index (κ2) is 8.29. The highest BCUT2D eigenvalue weighted by atomic mass is 16.5. The van der Waals surface area contributed by atoms with Crippen molar-refractivity contribution in [1.29, 1.82) is 0 Å². The van der Waals surface area contributed by atoms with Crippen molar-refractivity contribution >= 4 is 11.9 Å².